The summed E-state index contributed by atoms with van der Waals surface area (Å²) in [6.45, 7) is 7.39. The Bertz CT molecular complexity index is 733. The first-order valence-corrected chi connectivity index (χ1v) is 9.48. The van der Waals surface area contributed by atoms with Gasteiger partial charge < -0.3 is 10.2 Å². The van der Waals surface area contributed by atoms with Crippen LogP contribution < -0.4 is 5.32 Å². The number of hydrogen-bond donors (Lipinski definition) is 1. The van der Waals surface area contributed by atoms with Gasteiger partial charge in [-0.15, -0.1) is 0 Å². The largest absolute Gasteiger partial charge is 0.349 e. The first kappa shape index (κ1) is 18.6. The van der Waals surface area contributed by atoms with Crippen molar-refractivity contribution in [2.24, 2.45) is 0 Å². The van der Waals surface area contributed by atoms with Gasteiger partial charge in [-0.2, -0.15) is 5.10 Å². The van der Waals surface area contributed by atoms with Gasteiger partial charge in [0.25, 0.3) is 5.91 Å². The first-order chi connectivity index (χ1) is 12.6. The molecule has 140 valence electrons. The molecular weight excluding hydrogens is 331 g/mol. The second kappa shape index (κ2) is 8.45. The number of halogens is 1. The van der Waals surface area contributed by atoms with Crippen molar-refractivity contribution in [3.63, 3.8) is 0 Å². The maximum Gasteiger partial charge on any atom is 0.254 e. The summed E-state index contributed by atoms with van der Waals surface area (Å²) in [4.78, 5) is 15.2. The van der Waals surface area contributed by atoms with Crippen molar-refractivity contribution < 1.29 is 9.18 Å². The van der Waals surface area contributed by atoms with E-state index in [9.17, 15) is 9.18 Å². The van der Waals surface area contributed by atoms with Crippen LogP contribution in [0.25, 0.3) is 5.69 Å². The molecule has 0 radical (unpaired) electrons. The lowest BCUT2D eigenvalue weighted by Gasteiger charge is -2.32. The number of piperidine rings is 1. The molecule has 1 fully saturated rings. The standard InChI is InChI=1S/C20H27FN4O/c1-3-11-24-12-9-16(10-13-24)23-20(26)18-14-22-25(19(18)4-2)17-7-5-15(21)6-8-17/h5-8,14,16H,3-4,9-13H2,1-2H3,(H,23,26). The van der Waals surface area contributed by atoms with Crippen LogP contribution in [0.4, 0.5) is 4.39 Å². The molecule has 5 nitrogen and oxygen atoms in total. The SMILES string of the molecule is CCCN1CCC(NC(=O)c2cnn(-c3ccc(F)cc3)c2CC)CC1. The van der Waals surface area contributed by atoms with E-state index in [2.05, 4.69) is 22.2 Å². The Kier molecular flexibility index (Phi) is 6.04. The lowest BCUT2D eigenvalue weighted by Crippen LogP contribution is -2.44. The molecule has 0 unspecified atom stereocenters. The Labute approximate surface area is 154 Å². The molecule has 6 heteroatoms. The number of amides is 1. The molecule has 0 atom stereocenters. The molecule has 1 aromatic heterocycles. The molecule has 1 amide bonds. The summed E-state index contributed by atoms with van der Waals surface area (Å²) in [5, 5.41) is 7.53. The Hall–Kier alpha value is -2.21. The van der Waals surface area contributed by atoms with Gasteiger partial charge in [0.15, 0.2) is 0 Å². The van der Waals surface area contributed by atoms with Crippen LogP contribution in [0.15, 0.2) is 30.5 Å². The second-order valence-electron chi connectivity index (χ2n) is 6.84. The van der Waals surface area contributed by atoms with E-state index < -0.39 is 0 Å². The molecule has 2 aromatic rings. The zero-order valence-corrected chi connectivity index (χ0v) is 15.5. The monoisotopic (exact) mass is 358 g/mol. The predicted molar refractivity (Wildman–Crippen MR) is 100 cm³/mol. The van der Waals surface area contributed by atoms with E-state index in [1.165, 1.54) is 18.6 Å². The molecule has 1 N–H and O–H groups in total. The molecule has 1 aliphatic heterocycles. The highest BCUT2D eigenvalue weighted by Gasteiger charge is 2.23. The van der Waals surface area contributed by atoms with Crippen molar-refractivity contribution in [2.45, 2.75) is 45.6 Å². The molecule has 0 saturated carbocycles. The molecule has 1 aliphatic rings. The van der Waals surface area contributed by atoms with Gasteiger partial charge in [-0.25, -0.2) is 9.07 Å². The number of aromatic nitrogens is 2. The smallest absolute Gasteiger partial charge is 0.254 e. The molecule has 1 saturated heterocycles. The summed E-state index contributed by atoms with van der Waals surface area (Å²) in [7, 11) is 0. The third-order valence-electron chi connectivity index (χ3n) is 4.98. The lowest BCUT2D eigenvalue weighted by molar-refractivity contribution is 0.0910. The van der Waals surface area contributed by atoms with E-state index in [4.69, 9.17) is 0 Å². The highest BCUT2D eigenvalue weighted by atomic mass is 19.1. The molecule has 3 rings (SSSR count). The summed E-state index contributed by atoms with van der Waals surface area (Å²) in [5.74, 6) is -0.351. The van der Waals surface area contributed by atoms with Gasteiger partial charge in [0.05, 0.1) is 23.1 Å². The van der Waals surface area contributed by atoms with Gasteiger partial charge in [-0.1, -0.05) is 13.8 Å². The number of rotatable bonds is 6. The first-order valence-electron chi connectivity index (χ1n) is 9.48. The number of likely N-dealkylation sites (tertiary alicyclic amines) is 1. The van der Waals surface area contributed by atoms with Crippen LogP contribution in [0.2, 0.25) is 0 Å². The van der Waals surface area contributed by atoms with Crippen LogP contribution in [0.3, 0.4) is 0 Å². The van der Waals surface area contributed by atoms with Crippen LogP contribution in [0, 0.1) is 5.82 Å². The van der Waals surface area contributed by atoms with Gasteiger partial charge >= 0.3 is 0 Å². The minimum absolute atomic E-state index is 0.0656. The molecule has 1 aromatic carbocycles. The fraction of sp³-hybridized carbons (Fsp3) is 0.500. The van der Waals surface area contributed by atoms with Crippen molar-refractivity contribution >= 4 is 5.91 Å². The minimum Gasteiger partial charge on any atom is -0.349 e. The average Bonchev–Trinajstić information content (AvgIpc) is 3.08. The number of carbonyl (C=O) groups excluding carboxylic acids is 1. The maximum absolute atomic E-state index is 13.2. The number of nitrogens with zero attached hydrogens (tertiary/aromatic N) is 3. The highest BCUT2D eigenvalue weighted by Crippen LogP contribution is 2.18. The molecule has 0 aliphatic carbocycles. The highest BCUT2D eigenvalue weighted by molar-refractivity contribution is 5.95. The van der Waals surface area contributed by atoms with E-state index >= 15 is 0 Å². The second-order valence-corrected chi connectivity index (χ2v) is 6.84. The number of hydrogen-bond acceptors (Lipinski definition) is 3. The molecular formula is C20H27FN4O. The Balaban J connectivity index is 1.69. The predicted octanol–water partition coefficient (Wildman–Crippen LogP) is 3.18. The summed E-state index contributed by atoms with van der Waals surface area (Å²) in [6, 6.07) is 6.37. The quantitative estimate of drug-likeness (QED) is 0.863. The van der Waals surface area contributed by atoms with Crippen molar-refractivity contribution in [3.05, 3.63) is 47.5 Å². The van der Waals surface area contributed by atoms with Crippen LogP contribution in [-0.2, 0) is 6.42 Å². The van der Waals surface area contributed by atoms with Crippen molar-refractivity contribution in [1.29, 1.82) is 0 Å². The summed E-state index contributed by atoms with van der Waals surface area (Å²) in [6.07, 6.45) is 5.43. The maximum atomic E-state index is 13.2. The van der Waals surface area contributed by atoms with E-state index in [1.807, 2.05) is 6.92 Å². The van der Waals surface area contributed by atoms with Gasteiger partial charge in [0.2, 0.25) is 0 Å². The van der Waals surface area contributed by atoms with Crippen molar-refractivity contribution in [3.8, 4) is 5.69 Å². The van der Waals surface area contributed by atoms with E-state index in [-0.39, 0.29) is 17.8 Å². The van der Waals surface area contributed by atoms with Gasteiger partial charge in [0, 0.05) is 19.1 Å². The fourth-order valence-electron chi connectivity index (χ4n) is 3.59. The summed E-state index contributed by atoms with van der Waals surface area (Å²) < 4.78 is 14.9. The molecule has 2 heterocycles. The lowest BCUT2D eigenvalue weighted by atomic mass is 10.0. The van der Waals surface area contributed by atoms with Crippen LogP contribution in [0.5, 0.6) is 0 Å². The van der Waals surface area contributed by atoms with Gasteiger partial charge in [-0.05, 0) is 56.5 Å². The number of carbonyl (C=O) groups is 1. The summed E-state index contributed by atoms with van der Waals surface area (Å²) in [5.41, 5.74) is 2.21. The zero-order valence-electron chi connectivity index (χ0n) is 15.5. The molecule has 0 spiro atoms. The number of benzene rings is 1. The van der Waals surface area contributed by atoms with Crippen LogP contribution >= 0.6 is 0 Å². The minimum atomic E-state index is -0.286. The van der Waals surface area contributed by atoms with Gasteiger partial charge in [-0.3, -0.25) is 4.79 Å². The fourth-order valence-corrected chi connectivity index (χ4v) is 3.59. The Morgan fingerprint density at radius 3 is 2.54 bits per heavy atom. The van der Waals surface area contributed by atoms with Crippen molar-refractivity contribution in [1.82, 2.24) is 20.0 Å². The van der Waals surface area contributed by atoms with E-state index in [1.54, 1.807) is 23.0 Å². The van der Waals surface area contributed by atoms with Crippen molar-refractivity contribution in [2.75, 3.05) is 19.6 Å². The average molecular weight is 358 g/mol. The number of nitrogens with one attached hydrogen (secondary N) is 1. The van der Waals surface area contributed by atoms with Gasteiger partial charge in [0.1, 0.15) is 5.82 Å². The van der Waals surface area contributed by atoms with Crippen LogP contribution in [-0.4, -0.2) is 46.3 Å². The normalized spacial score (nSPS) is 16.0. The topological polar surface area (TPSA) is 50.2 Å². The molecule has 0 bridgehead atoms. The summed E-state index contributed by atoms with van der Waals surface area (Å²) >= 11 is 0. The third kappa shape index (κ3) is 4.12. The third-order valence-corrected chi connectivity index (χ3v) is 4.98. The van der Waals surface area contributed by atoms with E-state index in [0.717, 1.165) is 43.9 Å². The van der Waals surface area contributed by atoms with E-state index in [0.29, 0.717) is 12.0 Å². The zero-order chi connectivity index (χ0) is 18.5. The molecule has 26 heavy (non-hydrogen) atoms. The van der Waals surface area contributed by atoms with Crippen LogP contribution in [0.1, 0.15) is 49.2 Å². The Morgan fingerprint density at radius 2 is 1.92 bits per heavy atom. The Morgan fingerprint density at radius 1 is 1.23 bits per heavy atom.